The summed E-state index contributed by atoms with van der Waals surface area (Å²) in [5.41, 5.74) is 0. The maximum absolute atomic E-state index is 11.7. The van der Waals surface area contributed by atoms with Crippen molar-refractivity contribution in [3.8, 4) is 0 Å². The van der Waals surface area contributed by atoms with Crippen LogP contribution in [0.4, 0.5) is 0 Å². The molecule has 92 valence electrons. The van der Waals surface area contributed by atoms with Crippen LogP contribution in [0.5, 0.6) is 0 Å². The van der Waals surface area contributed by atoms with E-state index in [0.717, 1.165) is 13.1 Å². The first-order valence-corrected chi connectivity index (χ1v) is 6.80. The van der Waals surface area contributed by atoms with Crippen molar-refractivity contribution in [3.05, 3.63) is 0 Å². The van der Waals surface area contributed by atoms with Gasteiger partial charge in [-0.3, -0.25) is 0 Å². The van der Waals surface area contributed by atoms with Gasteiger partial charge in [0.2, 0.25) is 10.0 Å². The Morgan fingerprint density at radius 1 is 1.13 bits per heavy atom. The fourth-order valence-corrected chi connectivity index (χ4v) is 2.09. The van der Waals surface area contributed by atoms with Gasteiger partial charge in [-0.05, 0) is 20.6 Å². The van der Waals surface area contributed by atoms with E-state index in [1.807, 2.05) is 25.9 Å². The summed E-state index contributed by atoms with van der Waals surface area (Å²) in [6.07, 6.45) is 0. The zero-order valence-electron chi connectivity index (χ0n) is 10.2. The predicted molar refractivity (Wildman–Crippen MR) is 63.5 cm³/mol. The molecule has 15 heavy (non-hydrogen) atoms. The van der Waals surface area contributed by atoms with Gasteiger partial charge in [0.1, 0.15) is 0 Å². The van der Waals surface area contributed by atoms with E-state index in [-0.39, 0.29) is 5.75 Å². The summed E-state index contributed by atoms with van der Waals surface area (Å²) < 4.78 is 24.8. The predicted octanol–water partition coefficient (Wildman–Crippen LogP) is -0.581. The zero-order chi connectivity index (χ0) is 11.9. The molecule has 0 rings (SSSR count). The zero-order valence-corrected chi connectivity index (χ0v) is 11.0. The lowest BCUT2D eigenvalue weighted by molar-refractivity contribution is 0.358. The molecule has 0 amide bonds. The summed E-state index contributed by atoms with van der Waals surface area (Å²) in [5, 5.41) is 3.01. The third-order valence-electron chi connectivity index (χ3n) is 2.12. The molecule has 0 aliphatic rings. The summed E-state index contributed by atoms with van der Waals surface area (Å²) in [4.78, 5) is 1.97. The van der Waals surface area contributed by atoms with Crippen LogP contribution in [0.3, 0.4) is 0 Å². The molecule has 0 saturated heterocycles. The molecule has 1 N–H and O–H groups in total. The molecule has 0 bridgehead atoms. The first-order valence-electron chi connectivity index (χ1n) is 5.19. The van der Waals surface area contributed by atoms with Crippen molar-refractivity contribution in [3.63, 3.8) is 0 Å². The molecule has 0 aromatic rings. The molecule has 0 aliphatic carbocycles. The number of nitrogens with zero attached hydrogens (tertiary/aromatic N) is 2. The van der Waals surface area contributed by atoms with Crippen LogP contribution >= 0.6 is 0 Å². The van der Waals surface area contributed by atoms with Crippen LogP contribution in [0.2, 0.25) is 0 Å². The summed E-state index contributed by atoms with van der Waals surface area (Å²) in [7, 11) is 2.41. The second-order valence-electron chi connectivity index (χ2n) is 3.79. The number of hydrogen-bond donors (Lipinski definition) is 1. The highest BCUT2D eigenvalue weighted by atomic mass is 32.2. The van der Waals surface area contributed by atoms with Gasteiger partial charge in [-0.15, -0.1) is 0 Å². The van der Waals surface area contributed by atoms with E-state index in [9.17, 15) is 8.42 Å². The van der Waals surface area contributed by atoms with Crippen molar-refractivity contribution in [2.75, 3.05) is 53.1 Å². The molecule has 0 unspecified atom stereocenters. The fraction of sp³-hybridized carbons (Fsp3) is 1.00. The van der Waals surface area contributed by atoms with Gasteiger partial charge >= 0.3 is 0 Å². The minimum atomic E-state index is -3.08. The van der Waals surface area contributed by atoms with E-state index in [1.54, 1.807) is 7.05 Å². The molecule has 0 saturated carbocycles. The number of hydrogen-bond acceptors (Lipinski definition) is 4. The highest BCUT2D eigenvalue weighted by molar-refractivity contribution is 7.89. The SMILES string of the molecule is CCNCCS(=O)(=O)N(C)CCN(C)C. The van der Waals surface area contributed by atoms with Gasteiger partial charge in [-0.25, -0.2) is 12.7 Å². The lowest BCUT2D eigenvalue weighted by Gasteiger charge is -2.19. The van der Waals surface area contributed by atoms with Crippen molar-refractivity contribution in [1.29, 1.82) is 0 Å². The Balaban J connectivity index is 3.97. The Kier molecular flexibility index (Phi) is 7.08. The molecule has 5 nitrogen and oxygen atoms in total. The first kappa shape index (κ1) is 14.8. The number of likely N-dealkylation sites (N-methyl/N-ethyl adjacent to an activating group) is 2. The maximum Gasteiger partial charge on any atom is 0.215 e. The average Bonchev–Trinajstić information content (AvgIpc) is 2.14. The quantitative estimate of drug-likeness (QED) is 0.574. The lowest BCUT2D eigenvalue weighted by atomic mass is 10.6. The average molecular weight is 237 g/mol. The second-order valence-corrected chi connectivity index (χ2v) is 5.99. The van der Waals surface area contributed by atoms with Gasteiger partial charge in [0.15, 0.2) is 0 Å². The van der Waals surface area contributed by atoms with E-state index in [4.69, 9.17) is 0 Å². The third-order valence-corrected chi connectivity index (χ3v) is 3.98. The Bertz CT molecular complexity index is 252. The van der Waals surface area contributed by atoms with E-state index >= 15 is 0 Å². The summed E-state index contributed by atoms with van der Waals surface area (Å²) >= 11 is 0. The molecular formula is C9H23N3O2S. The van der Waals surface area contributed by atoms with Gasteiger partial charge in [-0.2, -0.15) is 0 Å². The van der Waals surface area contributed by atoms with Crippen LogP contribution in [-0.4, -0.2) is 70.7 Å². The Hall–Kier alpha value is -0.170. The van der Waals surface area contributed by atoms with Gasteiger partial charge in [0.05, 0.1) is 5.75 Å². The van der Waals surface area contributed by atoms with E-state index in [2.05, 4.69) is 5.32 Å². The van der Waals surface area contributed by atoms with Crippen molar-refractivity contribution in [1.82, 2.24) is 14.5 Å². The number of nitrogens with one attached hydrogen (secondary N) is 1. The molecule has 0 heterocycles. The molecule has 0 spiro atoms. The molecular weight excluding hydrogens is 214 g/mol. The normalized spacial score (nSPS) is 12.7. The highest BCUT2D eigenvalue weighted by Crippen LogP contribution is 1.97. The molecule has 0 fully saturated rings. The molecule has 0 aromatic heterocycles. The van der Waals surface area contributed by atoms with E-state index in [0.29, 0.717) is 13.1 Å². The van der Waals surface area contributed by atoms with Gasteiger partial charge in [0.25, 0.3) is 0 Å². The van der Waals surface area contributed by atoms with Gasteiger partial charge in [0, 0.05) is 26.7 Å². The lowest BCUT2D eigenvalue weighted by Crippen LogP contribution is -2.37. The molecule has 6 heteroatoms. The van der Waals surface area contributed by atoms with Crippen molar-refractivity contribution in [2.24, 2.45) is 0 Å². The number of rotatable bonds is 8. The van der Waals surface area contributed by atoms with Crippen LogP contribution in [0.15, 0.2) is 0 Å². The number of sulfonamides is 1. The Labute approximate surface area is 93.5 Å². The van der Waals surface area contributed by atoms with Crippen LogP contribution < -0.4 is 5.32 Å². The van der Waals surface area contributed by atoms with E-state index < -0.39 is 10.0 Å². The van der Waals surface area contributed by atoms with Crippen molar-refractivity contribution < 1.29 is 8.42 Å². The minimum Gasteiger partial charge on any atom is -0.316 e. The second kappa shape index (κ2) is 7.16. The Morgan fingerprint density at radius 3 is 2.20 bits per heavy atom. The summed E-state index contributed by atoms with van der Waals surface area (Å²) in [5.74, 6) is 0.171. The Morgan fingerprint density at radius 2 is 1.73 bits per heavy atom. The molecule has 0 aliphatic heterocycles. The summed E-state index contributed by atoms with van der Waals surface area (Å²) in [6, 6.07) is 0. The fourth-order valence-electron chi connectivity index (χ4n) is 1.01. The molecule has 0 aromatic carbocycles. The largest absolute Gasteiger partial charge is 0.316 e. The van der Waals surface area contributed by atoms with Crippen LogP contribution in [-0.2, 0) is 10.0 Å². The van der Waals surface area contributed by atoms with Crippen LogP contribution in [0.1, 0.15) is 6.92 Å². The monoisotopic (exact) mass is 237 g/mol. The van der Waals surface area contributed by atoms with E-state index in [1.165, 1.54) is 4.31 Å². The highest BCUT2D eigenvalue weighted by Gasteiger charge is 2.16. The third kappa shape index (κ3) is 6.83. The van der Waals surface area contributed by atoms with Gasteiger partial charge in [-0.1, -0.05) is 6.92 Å². The smallest absolute Gasteiger partial charge is 0.215 e. The minimum absolute atomic E-state index is 0.171. The standard InChI is InChI=1S/C9H23N3O2S/c1-5-10-6-9-15(13,14)12(4)8-7-11(2)3/h10H,5-9H2,1-4H3. The topological polar surface area (TPSA) is 52.7 Å². The van der Waals surface area contributed by atoms with Crippen LogP contribution in [0.25, 0.3) is 0 Å². The first-order chi connectivity index (χ1) is 6.90. The summed E-state index contributed by atoms with van der Waals surface area (Å²) in [6.45, 7) is 4.57. The van der Waals surface area contributed by atoms with Crippen LogP contribution in [0, 0.1) is 0 Å². The maximum atomic E-state index is 11.7. The van der Waals surface area contributed by atoms with Gasteiger partial charge < -0.3 is 10.2 Å². The molecule has 0 atom stereocenters. The molecule has 0 radical (unpaired) electrons. The van der Waals surface area contributed by atoms with Crippen molar-refractivity contribution in [2.45, 2.75) is 6.92 Å². The van der Waals surface area contributed by atoms with Crippen molar-refractivity contribution >= 4 is 10.0 Å².